The second-order valence-electron chi connectivity index (χ2n) is 8.06. The van der Waals surface area contributed by atoms with Crippen molar-refractivity contribution in [2.75, 3.05) is 13.2 Å². The van der Waals surface area contributed by atoms with Crippen molar-refractivity contribution in [2.45, 2.75) is 71.6 Å². The van der Waals surface area contributed by atoms with Crippen LogP contribution in [0.15, 0.2) is 18.2 Å². The van der Waals surface area contributed by atoms with Gasteiger partial charge in [-0.2, -0.15) is 0 Å². The summed E-state index contributed by atoms with van der Waals surface area (Å²) in [5.41, 5.74) is 0.695. The molecular formula is C21H29F2NO5. The van der Waals surface area contributed by atoms with Gasteiger partial charge in [0, 0.05) is 12.1 Å². The van der Waals surface area contributed by atoms with E-state index in [1.54, 1.807) is 26.8 Å². The maximum Gasteiger partial charge on any atom is 0.508 e. The number of carbonyl (C=O) groups is 2. The minimum Gasteiger partial charge on any atom is -0.449 e. The van der Waals surface area contributed by atoms with Gasteiger partial charge >= 0.3 is 12.2 Å². The van der Waals surface area contributed by atoms with Crippen LogP contribution in [0.3, 0.4) is 0 Å². The first-order valence-corrected chi connectivity index (χ1v) is 9.79. The van der Waals surface area contributed by atoms with E-state index < -0.39 is 30.3 Å². The first-order valence-electron chi connectivity index (χ1n) is 9.79. The van der Waals surface area contributed by atoms with Crippen LogP contribution < -0.4 is 0 Å². The monoisotopic (exact) mass is 413 g/mol. The number of ether oxygens (including phenoxy) is 3. The van der Waals surface area contributed by atoms with Gasteiger partial charge in [0.25, 0.3) is 6.43 Å². The minimum absolute atomic E-state index is 0.0756. The van der Waals surface area contributed by atoms with Crippen LogP contribution in [-0.2, 0) is 27.2 Å². The molecule has 8 heteroatoms. The molecule has 1 aliphatic rings. The number of rotatable bonds is 6. The van der Waals surface area contributed by atoms with Gasteiger partial charge in [-0.25, -0.2) is 18.4 Å². The highest BCUT2D eigenvalue weighted by Gasteiger charge is 2.33. The van der Waals surface area contributed by atoms with Crippen LogP contribution in [0.2, 0.25) is 0 Å². The number of amides is 1. The van der Waals surface area contributed by atoms with Gasteiger partial charge in [0.05, 0.1) is 12.6 Å². The van der Waals surface area contributed by atoms with Gasteiger partial charge in [-0.1, -0.05) is 25.5 Å². The molecule has 1 atom stereocenters. The number of alkyl halides is 2. The Morgan fingerprint density at radius 1 is 1.21 bits per heavy atom. The Labute approximate surface area is 170 Å². The molecule has 1 unspecified atom stereocenters. The van der Waals surface area contributed by atoms with Gasteiger partial charge in [-0.05, 0) is 50.8 Å². The van der Waals surface area contributed by atoms with Crippen LogP contribution in [0.25, 0.3) is 0 Å². The highest BCUT2D eigenvalue weighted by molar-refractivity contribution is 5.69. The van der Waals surface area contributed by atoms with Crippen LogP contribution in [0.4, 0.5) is 18.4 Å². The van der Waals surface area contributed by atoms with E-state index in [2.05, 4.69) is 0 Å². The van der Waals surface area contributed by atoms with Crippen molar-refractivity contribution in [3.05, 3.63) is 34.9 Å². The standard InChI is InChI=1S/C21H29F2NO5/c1-5-6-9-27-19(25)24-12-16-10-15(18(22)23)8-7-14(16)11-17(24)13-28-20(26)29-21(2,3)4/h7-8,10,17-18H,5-6,9,11-13H2,1-4H3. The molecule has 0 aliphatic carbocycles. The second kappa shape index (κ2) is 9.89. The number of carbonyl (C=O) groups excluding carboxylic acids is 2. The van der Waals surface area contributed by atoms with Crippen molar-refractivity contribution in [1.82, 2.24) is 4.90 Å². The molecule has 29 heavy (non-hydrogen) atoms. The summed E-state index contributed by atoms with van der Waals surface area (Å²) < 4.78 is 41.7. The van der Waals surface area contributed by atoms with Crippen molar-refractivity contribution in [1.29, 1.82) is 0 Å². The number of hydrogen-bond acceptors (Lipinski definition) is 5. The van der Waals surface area contributed by atoms with E-state index in [9.17, 15) is 18.4 Å². The SMILES string of the molecule is CCCCOC(=O)N1Cc2cc(C(F)F)ccc2CC1COC(=O)OC(C)(C)C. The molecule has 162 valence electrons. The average molecular weight is 413 g/mol. The van der Waals surface area contributed by atoms with E-state index in [0.29, 0.717) is 12.0 Å². The maximum atomic E-state index is 13.0. The third kappa shape index (κ3) is 6.87. The average Bonchev–Trinajstić information content (AvgIpc) is 2.63. The van der Waals surface area contributed by atoms with Gasteiger partial charge < -0.3 is 14.2 Å². The maximum absolute atomic E-state index is 13.0. The fraction of sp³-hybridized carbons (Fsp3) is 0.619. The molecule has 1 heterocycles. The smallest absolute Gasteiger partial charge is 0.449 e. The molecule has 0 saturated heterocycles. The number of unbranched alkanes of at least 4 members (excludes halogenated alkanes) is 1. The van der Waals surface area contributed by atoms with E-state index in [-0.39, 0.29) is 25.3 Å². The van der Waals surface area contributed by atoms with Crippen molar-refractivity contribution in [2.24, 2.45) is 0 Å². The normalized spacial score (nSPS) is 16.4. The van der Waals surface area contributed by atoms with E-state index in [4.69, 9.17) is 14.2 Å². The Morgan fingerprint density at radius 2 is 1.93 bits per heavy atom. The number of hydrogen-bond donors (Lipinski definition) is 0. The lowest BCUT2D eigenvalue weighted by Crippen LogP contribution is -2.47. The predicted molar refractivity (Wildman–Crippen MR) is 103 cm³/mol. The molecule has 0 spiro atoms. The van der Waals surface area contributed by atoms with Crippen molar-refractivity contribution >= 4 is 12.2 Å². The third-order valence-electron chi connectivity index (χ3n) is 4.46. The quantitative estimate of drug-likeness (QED) is 0.471. The van der Waals surface area contributed by atoms with Crippen molar-refractivity contribution < 1.29 is 32.6 Å². The van der Waals surface area contributed by atoms with Gasteiger partial charge in [-0.3, -0.25) is 4.90 Å². The molecule has 1 aromatic carbocycles. The van der Waals surface area contributed by atoms with E-state index >= 15 is 0 Å². The fourth-order valence-electron chi connectivity index (χ4n) is 3.00. The number of fused-ring (bicyclic) bond motifs is 1. The first-order chi connectivity index (χ1) is 13.6. The lowest BCUT2D eigenvalue weighted by molar-refractivity contribution is -0.0205. The zero-order valence-corrected chi connectivity index (χ0v) is 17.4. The highest BCUT2D eigenvalue weighted by atomic mass is 19.3. The summed E-state index contributed by atoms with van der Waals surface area (Å²) in [6.45, 7) is 7.47. The summed E-state index contributed by atoms with van der Waals surface area (Å²) in [6.07, 6.45) is -1.99. The molecule has 1 aliphatic heterocycles. The fourth-order valence-corrected chi connectivity index (χ4v) is 3.00. The predicted octanol–water partition coefficient (Wildman–Crippen LogP) is 5.24. The summed E-state index contributed by atoms with van der Waals surface area (Å²) in [6, 6.07) is 3.96. The second-order valence-corrected chi connectivity index (χ2v) is 8.06. The number of nitrogens with zero attached hydrogens (tertiary/aromatic N) is 1. The van der Waals surface area contributed by atoms with Crippen LogP contribution in [-0.4, -0.2) is 42.0 Å². The molecule has 0 N–H and O–H groups in total. The molecule has 2 rings (SSSR count). The van der Waals surface area contributed by atoms with Crippen molar-refractivity contribution in [3.63, 3.8) is 0 Å². The summed E-state index contributed by atoms with van der Waals surface area (Å²) in [5.74, 6) is 0. The van der Waals surface area contributed by atoms with Gasteiger partial charge in [0.1, 0.15) is 12.2 Å². The molecule has 0 fully saturated rings. The highest BCUT2D eigenvalue weighted by Crippen LogP contribution is 2.29. The third-order valence-corrected chi connectivity index (χ3v) is 4.46. The first kappa shape index (κ1) is 22.9. The van der Waals surface area contributed by atoms with E-state index in [1.165, 1.54) is 17.0 Å². The Hall–Kier alpha value is -2.38. The largest absolute Gasteiger partial charge is 0.508 e. The van der Waals surface area contributed by atoms with Gasteiger partial charge in [-0.15, -0.1) is 0 Å². The Kier molecular flexibility index (Phi) is 7.81. The lowest BCUT2D eigenvalue weighted by Gasteiger charge is -2.36. The molecular weight excluding hydrogens is 384 g/mol. The molecule has 6 nitrogen and oxygen atoms in total. The van der Waals surface area contributed by atoms with Crippen LogP contribution in [0.1, 0.15) is 63.7 Å². The lowest BCUT2D eigenvalue weighted by atomic mass is 9.93. The summed E-state index contributed by atoms with van der Waals surface area (Å²) >= 11 is 0. The van der Waals surface area contributed by atoms with Crippen LogP contribution in [0, 0.1) is 0 Å². The summed E-state index contributed by atoms with van der Waals surface area (Å²) in [4.78, 5) is 25.9. The van der Waals surface area contributed by atoms with E-state index in [1.807, 2.05) is 6.92 Å². The Bertz CT molecular complexity index is 718. The number of benzene rings is 1. The summed E-state index contributed by atoms with van der Waals surface area (Å²) in [7, 11) is 0. The minimum atomic E-state index is -2.58. The zero-order chi connectivity index (χ0) is 21.6. The number of halogens is 2. The van der Waals surface area contributed by atoms with E-state index in [0.717, 1.165) is 18.4 Å². The van der Waals surface area contributed by atoms with Crippen LogP contribution in [0.5, 0.6) is 0 Å². The van der Waals surface area contributed by atoms with Gasteiger partial charge in [0.15, 0.2) is 0 Å². The molecule has 1 amide bonds. The van der Waals surface area contributed by atoms with Gasteiger partial charge in [0.2, 0.25) is 0 Å². The zero-order valence-electron chi connectivity index (χ0n) is 17.4. The topological polar surface area (TPSA) is 65.1 Å². The van der Waals surface area contributed by atoms with Crippen LogP contribution >= 0.6 is 0 Å². The Morgan fingerprint density at radius 3 is 2.55 bits per heavy atom. The molecule has 1 aromatic rings. The molecule has 0 radical (unpaired) electrons. The summed E-state index contributed by atoms with van der Waals surface area (Å²) in [5, 5.41) is 0. The molecule has 0 saturated carbocycles. The van der Waals surface area contributed by atoms with Crippen molar-refractivity contribution in [3.8, 4) is 0 Å². The molecule has 0 aromatic heterocycles. The Balaban J connectivity index is 2.14. The molecule has 0 bridgehead atoms.